The van der Waals surface area contributed by atoms with Gasteiger partial charge in [-0.3, -0.25) is 0 Å². The smallest absolute Gasteiger partial charge is 0.341 e. The first-order valence-electron chi connectivity index (χ1n) is 7.69. The number of hydrogen-bond donors (Lipinski definition) is 0. The lowest BCUT2D eigenvalue weighted by atomic mass is 10.2. The standard InChI is InChI=1S/C16H15F2N3O2/c17-10-3-6-13(18)12(7-10)16(22)23-8-14-19-20-15(9-1-2-9)21(14)11-4-5-11/h3,6-7,9,11H,1-2,4-5,8H2. The number of esters is 1. The van der Waals surface area contributed by atoms with Crippen LogP contribution in [0.25, 0.3) is 0 Å². The zero-order valence-corrected chi connectivity index (χ0v) is 12.3. The molecule has 0 atom stereocenters. The van der Waals surface area contributed by atoms with Crippen LogP contribution in [0.3, 0.4) is 0 Å². The Balaban J connectivity index is 1.51. The summed E-state index contributed by atoms with van der Waals surface area (Å²) in [5.41, 5.74) is -0.412. The van der Waals surface area contributed by atoms with Crippen molar-refractivity contribution in [2.24, 2.45) is 0 Å². The average Bonchev–Trinajstić information content (AvgIpc) is 3.46. The first-order chi connectivity index (χ1) is 11.1. The highest BCUT2D eigenvalue weighted by molar-refractivity contribution is 5.89. The summed E-state index contributed by atoms with van der Waals surface area (Å²) in [5, 5.41) is 8.32. The molecule has 0 bridgehead atoms. The Bertz CT molecular complexity index is 767. The fraction of sp³-hybridized carbons (Fsp3) is 0.438. The Kier molecular flexibility index (Phi) is 3.36. The Morgan fingerprint density at radius 3 is 2.70 bits per heavy atom. The summed E-state index contributed by atoms with van der Waals surface area (Å²) in [6.45, 7) is -0.0923. The predicted molar refractivity (Wildman–Crippen MR) is 75.7 cm³/mol. The monoisotopic (exact) mass is 319 g/mol. The number of carbonyl (C=O) groups excluding carboxylic acids is 1. The van der Waals surface area contributed by atoms with Gasteiger partial charge in [-0.05, 0) is 43.9 Å². The van der Waals surface area contributed by atoms with E-state index in [0.29, 0.717) is 17.8 Å². The Hall–Kier alpha value is -2.31. The van der Waals surface area contributed by atoms with Gasteiger partial charge in [0.15, 0.2) is 12.4 Å². The molecule has 4 rings (SSSR count). The molecule has 0 radical (unpaired) electrons. The molecular weight excluding hydrogens is 304 g/mol. The quantitative estimate of drug-likeness (QED) is 0.795. The number of ether oxygens (including phenoxy) is 1. The number of carbonyl (C=O) groups is 1. The van der Waals surface area contributed by atoms with E-state index in [9.17, 15) is 13.6 Å². The van der Waals surface area contributed by atoms with Crippen molar-refractivity contribution < 1.29 is 18.3 Å². The van der Waals surface area contributed by atoms with Crippen LogP contribution < -0.4 is 0 Å². The molecule has 1 aromatic carbocycles. The molecule has 1 heterocycles. The topological polar surface area (TPSA) is 57.0 Å². The van der Waals surface area contributed by atoms with Gasteiger partial charge in [0.05, 0.1) is 5.56 Å². The molecule has 7 heteroatoms. The fourth-order valence-corrected chi connectivity index (χ4v) is 2.65. The molecule has 2 aliphatic carbocycles. The van der Waals surface area contributed by atoms with Crippen LogP contribution in [0.15, 0.2) is 18.2 Å². The van der Waals surface area contributed by atoms with Gasteiger partial charge < -0.3 is 9.30 Å². The summed E-state index contributed by atoms with van der Waals surface area (Å²) in [6, 6.07) is 3.07. The third-order valence-corrected chi connectivity index (χ3v) is 4.13. The maximum absolute atomic E-state index is 13.6. The van der Waals surface area contributed by atoms with Gasteiger partial charge in [-0.15, -0.1) is 10.2 Å². The molecule has 2 aliphatic rings. The van der Waals surface area contributed by atoms with Crippen molar-refractivity contribution in [1.29, 1.82) is 0 Å². The number of rotatable bonds is 5. The highest BCUT2D eigenvalue weighted by Gasteiger charge is 2.36. The Morgan fingerprint density at radius 2 is 2.00 bits per heavy atom. The molecule has 0 amide bonds. The molecule has 2 fully saturated rings. The molecule has 5 nitrogen and oxygen atoms in total. The molecule has 1 aromatic heterocycles. The molecule has 2 saturated carbocycles. The maximum atomic E-state index is 13.6. The van der Waals surface area contributed by atoms with Crippen molar-refractivity contribution >= 4 is 5.97 Å². The number of aromatic nitrogens is 3. The van der Waals surface area contributed by atoms with Gasteiger partial charge in [0.2, 0.25) is 0 Å². The van der Waals surface area contributed by atoms with E-state index >= 15 is 0 Å². The van der Waals surface area contributed by atoms with E-state index in [-0.39, 0.29) is 6.61 Å². The third kappa shape index (κ3) is 2.83. The van der Waals surface area contributed by atoms with Crippen LogP contribution in [-0.2, 0) is 11.3 Å². The average molecular weight is 319 g/mol. The van der Waals surface area contributed by atoms with Crippen LogP contribution >= 0.6 is 0 Å². The summed E-state index contributed by atoms with van der Waals surface area (Å²) >= 11 is 0. The van der Waals surface area contributed by atoms with Crippen LogP contribution in [0.1, 0.15) is 59.6 Å². The van der Waals surface area contributed by atoms with E-state index in [1.165, 1.54) is 0 Å². The van der Waals surface area contributed by atoms with Gasteiger partial charge in [0.25, 0.3) is 0 Å². The highest BCUT2D eigenvalue weighted by atomic mass is 19.1. The predicted octanol–water partition coefficient (Wildman–Crippen LogP) is 3.13. The van der Waals surface area contributed by atoms with E-state index in [2.05, 4.69) is 10.2 Å². The van der Waals surface area contributed by atoms with E-state index in [0.717, 1.165) is 49.7 Å². The molecule has 0 saturated heterocycles. The van der Waals surface area contributed by atoms with Gasteiger partial charge >= 0.3 is 5.97 Å². The SMILES string of the molecule is O=C(OCc1nnc(C2CC2)n1C1CC1)c1cc(F)ccc1F. The maximum Gasteiger partial charge on any atom is 0.341 e. The van der Waals surface area contributed by atoms with Crippen molar-refractivity contribution in [2.45, 2.75) is 44.2 Å². The fourth-order valence-electron chi connectivity index (χ4n) is 2.65. The number of hydrogen-bond acceptors (Lipinski definition) is 4. The van der Waals surface area contributed by atoms with Crippen LogP contribution in [0.4, 0.5) is 8.78 Å². The van der Waals surface area contributed by atoms with Crippen LogP contribution in [0, 0.1) is 11.6 Å². The van der Waals surface area contributed by atoms with E-state index in [1.807, 2.05) is 4.57 Å². The lowest BCUT2D eigenvalue weighted by Crippen LogP contribution is -2.12. The molecule has 0 spiro atoms. The molecule has 0 aliphatic heterocycles. The van der Waals surface area contributed by atoms with Crippen molar-refractivity contribution in [2.75, 3.05) is 0 Å². The van der Waals surface area contributed by atoms with E-state index < -0.39 is 23.2 Å². The van der Waals surface area contributed by atoms with Crippen molar-refractivity contribution in [1.82, 2.24) is 14.8 Å². The molecule has 0 unspecified atom stereocenters. The largest absolute Gasteiger partial charge is 0.454 e. The Morgan fingerprint density at radius 1 is 1.22 bits per heavy atom. The van der Waals surface area contributed by atoms with Gasteiger partial charge in [-0.2, -0.15) is 0 Å². The van der Waals surface area contributed by atoms with E-state index in [1.54, 1.807) is 0 Å². The third-order valence-electron chi connectivity index (χ3n) is 4.13. The number of nitrogens with zero attached hydrogens (tertiary/aromatic N) is 3. The van der Waals surface area contributed by atoms with Crippen molar-refractivity contribution in [3.63, 3.8) is 0 Å². The van der Waals surface area contributed by atoms with Crippen molar-refractivity contribution in [3.8, 4) is 0 Å². The molecule has 0 N–H and O–H groups in total. The van der Waals surface area contributed by atoms with Crippen molar-refractivity contribution in [3.05, 3.63) is 47.0 Å². The summed E-state index contributed by atoms with van der Waals surface area (Å²) in [6.07, 6.45) is 4.35. The number of halogens is 2. The van der Waals surface area contributed by atoms with Crippen LogP contribution in [0.5, 0.6) is 0 Å². The number of benzene rings is 1. The second kappa shape index (κ2) is 5.40. The molecular formula is C16H15F2N3O2. The minimum absolute atomic E-state index is 0.0923. The zero-order chi connectivity index (χ0) is 16.0. The lowest BCUT2D eigenvalue weighted by Gasteiger charge is -2.09. The van der Waals surface area contributed by atoms with Gasteiger partial charge in [0, 0.05) is 12.0 Å². The minimum Gasteiger partial charge on any atom is -0.454 e. The normalized spacial score (nSPS) is 17.3. The second-order valence-electron chi connectivity index (χ2n) is 6.05. The van der Waals surface area contributed by atoms with Gasteiger partial charge in [-0.1, -0.05) is 0 Å². The van der Waals surface area contributed by atoms with Crippen LogP contribution in [0.2, 0.25) is 0 Å². The lowest BCUT2D eigenvalue weighted by molar-refractivity contribution is 0.0451. The zero-order valence-electron chi connectivity index (χ0n) is 12.3. The molecule has 23 heavy (non-hydrogen) atoms. The summed E-state index contributed by atoms with van der Waals surface area (Å²) < 4.78 is 33.9. The second-order valence-corrected chi connectivity index (χ2v) is 6.05. The summed E-state index contributed by atoms with van der Waals surface area (Å²) in [7, 11) is 0. The van der Waals surface area contributed by atoms with Crippen LogP contribution in [-0.4, -0.2) is 20.7 Å². The minimum atomic E-state index is -0.902. The van der Waals surface area contributed by atoms with Gasteiger partial charge in [0.1, 0.15) is 17.5 Å². The molecule has 120 valence electrons. The first kappa shape index (κ1) is 14.3. The highest BCUT2D eigenvalue weighted by Crippen LogP contribution is 2.44. The summed E-state index contributed by atoms with van der Waals surface area (Å²) in [5.74, 6) is -0.419. The first-order valence-corrected chi connectivity index (χ1v) is 7.69. The van der Waals surface area contributed by atoms with Gasteiger partial charge in [-0.25, -0.2) is 13.6 Å². The summed E-state index contributed by atoms with van der Waals surface area (Å²) in [4.78, 5) is 12.0. The van der Waals surface area contributed by atoms with E-state index in [4.69, 9.17) is 4.74 Å². The Labute approximate surface area is 131 Å². The molecule has 2 aromatic rings.